The predicted molar refractivity (Wildman–Crippen MR) is 307 cm³/mol. The summed E-state index contributed by atoms with van der Waals surface area (Å²) in [7, 11) is 0. The van der Waals surface area contributed by atoms with Crippen LogP contribution in [0, 0.1) is 30.5 Å². The number of phenols is 1. The number of ether oxygens (including phenoxy) is 1. The number of carbonyl (C=O) groups is 2. The van der Waals surface area contributed by atoms with Crippen LogP contribution in [0.1, 0.15) is 101 Å². The Morgan fingerprint density at radius 3 is 2.44 bits per heavy atom. The van der Waals surface area contributed by atoms with Crippen molar-refractivity contribution < 1.29 is 33.5 Å². The molecule has 7 aromatic rings. The number of aliphatic hydroxyl groups is 1. The van der Waals surface area contributed by atoms with Crippen molar-refractivity contribution in [3.63, 3.8) is 0 Å². The predicted octanol–water partition coefficient (Wildman–Crippen LogP) is 8.81. The zero-order valence-corrected chi connectivity index (χ0v) is 47.1. The van der Waals surface area contributed by atoms with Crippen molar-refractivity contribution in [2.45, 2.75) is 116 Å². The zero-order chi connectivity index (χ0) is 55.3. The number of hydrogen-bond donors (Lipinski definition) is 4. The highest BCUT2D eigenvalue weighted by atomic mass is 32.1. The van der Waals surface area contributed by atoms with Gasteiger partial charge in [-0.05, 0) is 123 Å². The molecule has 0 saturated carbocycles. The van der Waals surface area contributed by atoms with E-state index in [0.29, 0.717) is 65.4 Å². The largest absolute Gasteiger partial charge is 0.508 e. The van der Waals surface area contributed by atoms with Gasteiger partial charge in [-0.15, -0.1) is 11.3 Å². The number of β-amino-alcohol motifs (C(OH)–C–C–N with tert-alkyl or cyclic N) is 1. The van der Waals surface area contributed by atoms with E-state index in [1.807, 2.05) is 81.7 Å². The number of aryl methyl sites for hydroxylation is 2. The van der Waals surface area contributed by atoms with Gasteiger partial charge in [0.15, 0.2) is 17.4 Å². The maximum atomic E-state index is 17.1. The van der Waals surface area contributed by atoms with Crippen LogP contribution in [0.4, 0.5) is 16.0 Å². The summed E-state index contributed by atoms with van der Waals surface area (Å²) in [6.45, 7) is 16.2. The van der Waals surface area contributed by atoms with Crippen molar-refractivity contribution in [1.82, 2.24) is 45.5 Å². The van der Waals surface area contributed by atoms with Crippen LogP contribution in [0.3, 0.4) is 0 Å². The number of fused-ring (bicyclic) bond motifs is 4. The first-order valence-electron chi connectivity index (χ1n) is 28.7. The number of aromatic hydroxyl groups is 1. The van der Waals surface area contributed by atoms with E-state index < -0.39 is 23.9 Å². The minimum absolute atomic E-state index is 0.0438. The van der Waals surface area contributed by atoms with Gasteiger partial charge in [-0.1, -0.05) is 68.4 Å². The smallest absolute Gasteiger partial charge is 0.319 e. The van der Waals surface area contributed by atoms with Crippen LogP contribution in [0.25, 0.3) is 43.4 Å². The number of pyridine rings is 1. The number of anilines is 2. The van der Waals surface area contributed by atoms with E-state index in [9.17, 15) is 19.8 Å². The number of benzene rings is 3. The average molecular weight is 1110 g/mol. The molecule has 0 aliphatic carbocycles. The number of carbonyl (C=O) groups excluding carboxylic acids is 2. The fourth-order valence-electron chi connectivity index (χ4n) is 13.2. The fraction of sp³-hybridized carbons (Fsp3) is 0.492. The normalized spacial score (nSPS) is 21.7. The first kappa shape index (κ1) is 53.8. The zero-order valence-electron chi connectivity index (χ0n) is 46.3. The molecule has 5 aliphatic heterocycles. The SMILES string of the molecule is CCc1cccc2cc(O)cc(-c3ncc4c(N5CC6CCC(C5)N6)nc(OCCN5CCC(CC6CN(c7cc(C(C(=O)N8C[C@H](O)C[C@H]8C(=O)NC(C)c8ccc(-c9scnc9C)cc8)C(C)C)on7)C6)CC5)nc4c3F)c12. The van der Waals surface area contributed by atoms with Gasteiger partial charge in [-0.25, -0.2) is 9.37 Å². The molecule has 17 nitrogen and oxygen atoms in total. The molecule has 4 unspecified atom stereocenters. The Labute approximate surface area is 469 Å². The number of piperazine rings is 1. The summed E-state index contributed by atoms with van der Waals surface area (Å²) >= 11 is 1.59. The summed E-state index contributed by atoms with van der Waals surface area (Å²) in [6, 6.07) is 18.9. The molecule has 0 radical (unpaired) electrons. The van der Waals surface area contributed by atoms with Crippen molar-refractivity contribution in [2.24, 2.45) is 17.8 Å². The number of piperidine rings is 1. The van der Waals surface area contributed by atoms with Gasteiger partial charge in [0.2, 0.25) is 11.8 Å². The van der Waals surface area contributed by atoms with Gasteiger partial charge in [0.05, 0.1) is 33.6 Å². The van der Waals surface area contributed by atoms with Gasteiger partial charge in [-0.2, -0.15) is 9.97 Å². The molecule has 9 heterocycles. The summed E-state index contributed by atoms with van der Waals surface area (Å²) in [5, 5.41) is 35.0. The summed E-state index contributed by atoms with van der Waals surface area (Å²) in [5.41, 5.74) is 6.69. The maximum absolute atomic E-state index is 17.1. The summed E-state index contributed by atoms with van der Waals surface area (Å²) in [4.78, 5) is 56.5. The second-order valence-corrected chi connectivity index (χ2v) is 24.2. The monoisotopic (exact) mass is 1110 g/mol. The Kier molecular flexibility index (Phi) is 15.2. The molecule has 6 atom stereocenters. The lowest BCUT2D eigenvalue weighted by molar-refractivity contribution is -0.141. The van der Waals surface area contributed by atoms with Gasteiger partial charge in [0.25, 0.3) is 0 Å². The van der Waals surface area contributed by atoms with E-state index in [1.54, 1.807) is 29.7 Å². The third-order valence-electron chi connectivity index (χ3n) is 17.5. The molecule has 4 aromatic heterocycles. The number of hydrogen-bond acceptors (Lipinski definition) is 16. The number of aliphatic hydroxyl groups excluding tert-OH is 1. The molecule has 0 spiro atoms. The second-order valence-electron chi connectivity index (χ2n) is 23.4. The first-order valence-corrected chi connectivity index (χ1v) is 29.6. The van der Waals surface area contributed by atoms with Crippen molar-refractivity contribution >= 4 is 56.5 Å². The Hall–Kier alpha value is -6.80. The molecule has 19 heteroatoms. The Bertz CT molecular complexity index is 3380. The van der Waals surface area contributed by atoms with E-state index in [1.165, 1.54) is 4.90 Å². The number of likely N-dealkylation sites (tertiary alicyclic amines) is 2. The third kappa shape index (κ3) is 10.8. The van der Waals surface area contributed by atoms with E-state index in [4.69, 9.17) is 24.2 Å². The van der Waals surface area contributed by atoms with Gasteiger partial charge < -0.3 is 44.8 Å². The lowest BCUT2D eigenvalue weighted by Gasteiger charge is -2.42. The lowest BCUT2D eigenvalue weighted by Crippen LogP contribution is -2.51. The van der Waals surface area contributed by atoms with Crippen molar-refractivity contribution in [3.05, 3.63) is 101 Å². The molecule has 5 aliphatic rings. The quantitative estimate of drug-likeness (QED) is 0.0674. The second kappa shape index (κ2) is 22.6. The number of thiazole rings is 1. The summed E-state index contributed by atoms with van der Waals surface area (Å²) in [6.07, 6.45) is 7.23. The number of amides is 2. The van der Waals surface area contributed by atoms with Crippen LogP contribution in [-0.4, -0.2) is 140 Å². The standard InChI is InChI=1S/C61H72FN11O6S/c1-6-39-8-7-9-42-23-45(74)24-47(53(39)42)55-54(62)56-48(27-63-55)58(72-30-43-14-15-44(31-72)66-43)68-61(67-56)78-21-20-70-18-16-37(17-19-70)22-38-28-71(29-38)51-26-50(79-69-51)52(34(2)3)60(77)73-32-46(75)25-49(73)59(76)65-35(4)40-10-12-41(13-11-40)57-36(5)64-33-80-57/h7-13,23-24,26-27,33-35,37-38,43-44,46,49,52,66,74-75H,6,14-22,25,28-32H2,1-5H3,(H,65,76)/t35?,43?,44?,46-,49+,52?/m1/s1. The highest BCUT2D eigenvalue weighted by molar-refractivity contribution is 7.13. The molecule has 4 N–H and O–H groups in total. The van der Waals surface area contributed by atoms with Crippen LogP contribution >= 0.6 is 11.3 Å². The van der Waals surface area contributed by atoms with Gasteiger partial charge in [0.1, 0.15) is 41.3 Å². The number of halogens is 1. The summed E-state index contributed by atoms with van der Waals surface area (Å²) < 4.78 is 29.4. The van der Waals surface area contributed by atoms with E-state index in [0.717, 1.165) is 116 Å². The van der Waals surface area contributed by atoms with Crippen molar-refractivity contribution in [3.8, 4) is 33.5 Å². The van der Waals surface area contributed by atoms with Crippen molar-refractivity contribution in [2.75, 3.05) is 68.8 Å². The molecule has 12 rings (SSSR count). The number of nitrogens with zero attached hydrogens (tertiary/aromatic N) is 9. The molecule has 2 amide bonds. The van der Waals surface area contributed by atoms with Crippen LogP contribution in [-0.2, 0) is 16.0 Å². The number of rotatable bonds is 17. The highest BCUT2D eigenvalue weighted by Gasteiger charge is 2.44. The minimum atomic E-state index is -0.816. The van der Waals surface area contributed by atoms with E-state index >= 15 is 4.39 Å². The van der Waals surface area contributed by atoms with Gasteiger partial charge >= 0.3 is 6.01 Å². The Morgan fingerprint density at radius 1 is 0.938 bits per heavy atom. The Balaban J connectivity index is 0.640. The van der Waals surface area contributed by atoms with Crippen molar-refractivity contribution in [1.29, 1.82) is 0 Å². The molecular formula is C61H72FN11O6S. The van der Waals surface area contributed by atoms with E-state index in [-0.39, 0.29) is 59.7 Å². The molecule has 420 valence electrons. The minimum Gasteiger partial charge on any atom is -0.508 e. The molecule has 5 saturated heterocycles. The highest BCUT2D eigenvalue weighted by Crippen LogP contribution is 2.41. The lowest BCUT2D eigenvalue weighted by atomic mass is 9.83. The van der Waals surface area contributed by atoms with Crippen LogP contribution in [0.2, 0.25) is 0 Å². The fourth-order valence-corrected chi connectivity index (χ4v) is 14.0. The maximum Gasteiger partial charge on any atom is 0.319 e. The van der Waals surface area contributed by atoms with Crippen LogP contribution in [0.15, 0.2) is 76.9 Å². The molecular weight excluding hydrogens is 1030 g/mol. The van der Waals surface area contributed by atoms with Gasteiger partial charge in [-0.3, -0.25) is 19.5 Å². The van der Waals surface area contributed by atoms with Crippen LogP contribution < -0.4 is 25.2 Å². The molecule has 2 bridgehead atoms. The Morgan fingerprint density at radius 2 is 1.71 bits per heavy atom. The summed E-state index contributed by atoms with van der Waals surface area (Å²) in [5.74, 6) is 1.04. The topological polar surface area (TPSA) is 198 Å². The number of aromatic nitrogens is 5. The van der Waals surface area contributed by atoms with Crippen LogP contribution in [0.5, 0.6) is 11.8 Å². The average Bonchev–Trinajstić information content (AvgIpc) is 4.30. The number of phenolic OH excluding ortho intramolecular Hbond substituents is 1. The third-order valence-corrected chi connectivity index (χ3v) is 18.5. The molecule has 80 heavy (non-hydrogen) atoms. The number of nitrogens with one attached hydrogen (secondary N) is 2. The molecule has 5 fully saturated rings. The van der Waals surface area contributed by atoms with Gasteiger partial charge in [0, 0.05) is 75.6 Å². The molecule has 3 aromatic carbocycles. The first-order chi connectivity index (χ1) is 38.7. The van der Waals surface area contributed by atoms with E-state index in [2.05, 4.69) is 42.4 Å².